The maximum absolute atomic E-state index is 14.4. The molecular weight excluding hydrogens is 550 g/mol. The third kappa shape index (κ3) is 2.93. The monoisotopic (exact) mass is 569 g/mol. The van der Waals surface area contributed by atoms with Crippen molar-refractivity contribution < 1.29 is 13.3 Å². The zero-order valence-electron chi connectivity index (χ0n) is 23.0. The summed E-state index contributed by atoms with van der Waals surface area (Å²) in [7, 11) is 0. The van der Waals surface area contributed by atoms with Crippen LogP contribution in [0, 0.1) is 0 Å². The van der Waals surface area contributed by atoms with E-state index in [-0.39, 0.29) is 10.9 Å². The molecule has 0 fully saturated rings. The van der Waals surface area contributed by atoms with Crippen LogP contribution in [0.1, 0.15) is 0 Å². The lowest BCUT2D eigenvalue weighted by atomic mass is 10.1. The van der Waals surface area contributed by atoms with Gasteiger partial charge in [-0.3, -0.25) is 9.59 Å². The number of hydrogen-bond donors (Lipinski definition) is 0. The molecule has 0 saturated heterocycles. The molecule has 4 aromatic heterocycles. The Labute approximate surface area is 246 Å². The van der Waals surface area contributed by atoms with Crippen molar-refractivity contribution in [1.82, 2.24) is 4.57 Å². The fraction of sp³-hybridized carbons (Fsp3) is 0. The van der Waals surface area contributed by atoms with Gasteiger partial charge in [0.1, 0.15) is 33.5 Å². The maximum atomic E-state index is 14.4. The molecule has 0 atom stereocenters. The third-order valence-corrected chi connectivity index (χ3v) is 8.79. The highest BCUT2D eigenvalue weighted by Gasteiger charge is 2.22. The van der Waals surface area contributed by atoms with Crippen molar-refractivity contribution >= 4 is 87.6 Å². The van der Waals surface area contributed by atoms with E-state index in [0.29, 0.717) is 49.6 Å². The standard InChI is InChI=1S/C38H19NO5/c40-37-22-10-3-6-14-29(22)43-32-19-24-33(18-23(32)37)44-30-15-7-12-26(36(30)38(24)41)39-25-11-4-1-8-20(25)34-27(39)16-17-31-35(34)21-9-2-5-13-28(21)42-31/h1-19H. The van der Waals surface area contributed by atoms with Gasteiger partial charge in [-0.1, -0.05) is 54.6 Å². The number of para-hydroxylation sites is 3. The van der Waals surface area contributed by atoms with Crippen molar-refractivity contribution in [3.63, 3.8) is 0 Å². The van der Waals surface area contributed by atoms with Gasteiger partial charge in [-0.25, -0.2) is 0 Å². The molecule has 0 saturated carbocycles. The molecule has 0 N–H and O–H groups in total. The molecule has 0 aliphatic heterocycles. The van der Waals surface area contributed by atoms with Crippen LogP contribution >= 0.6 is 0 Å². The Balaban J connectivity index is 1.35. The normalized spacial score (nSPS) is 12.3. The Morgan fingerprint density at radius 2 is 0.977 bits per heavy atom. The lowest BCUT2D eigenvalue weighted by molar-refractivity contribution is 0.652. The second kappa shape index (κ2) is 8.24. The second-order valence-corrected chi connectivity index (χ2v) is 11.1. The summed E-state index contributed by atoms with van der Waals surface area (Å²) < 4.78 is 20.8. The Hall–Kier alpha value is -6.14. The van der Waals surface area contributed by atoms with Crippen molar-refractivity contribution in [3.05, 3.63) is 136 Å². The first-order chi connectivity index (χ1) is 21.7. The molecule has 6 aromatic carbocycles. The van der Waals surface area contributed by atoms with E-state index in [1.54, 1.807) is 36.4 Å². The number of benzene rings is 6. The summed E-state index contributed by atoms with van der Waals surface area (Å²) in [4.78, 5) is 27.7. The van der Waals surface area contributed by atoms with E-state index in [1.165, 1.54) is 0 Å². The van der Waals surface area contributed by atoms with Crippen LogP contribution in [0.25, 0.3) is 93.3 Å². The lowest BCUT2D eigenvalue weighted by Gasteiger charge is -2.12. The molecular formula is C38H19NO5. The number of rotatable bonds is 1. The van der Waals surface area contributed by atoms with Crippen LogP contribution in [0.15, 0.2) is 138 Å². The molecule has 0 aliphatic rings. The zero-order chi connectivity index (χ0) is 29.1. The van der Waals surface area contributed by atoms with Crippen LogP contribution in [0.5, 0.6) is 0 Å². The number of furan rings is 1. The molecule has 0 amide bonds. The van der Waals surface area contributed by atoms with Gasteiger partial charge in [-0.15, -0.1) is 0 Å². The predicted molar refractivity (Wildman–Crippen MR) is 175 cm³/mol. The molecule has 0 aliphatic carbocycles. The smallest absolute Gasteiger partial charge is 0.202 e. The van der Waals surface area contributed by atoms with Crippen LogP contribution in [-0.2, 0) is 0 Å². The molecule has 0 unspecified atom stereocenters. The Morgan fingerprint density at radius 3 is 1.80 bits per heavy atom. The van der Waals surface area contributed by atoms with E-state index in [9.17, 15) is 9.59 Å². The topological polar surface area (TPSA) is 78.5 Å². The SMILES string of the molecule is O=c1c2ccccc2oc2cc3c(=O)c4c(-n5c6ccccc6c6c7c(ccc65)oc5ccccc57)cccc4oc3cc12. The largest absolute Gasteiger partial charge is 0.456 e. The minimum Gasteiger partial charge on any atom is -0.456 e. The van der Waals surface area contributed by atoms with Crippen molar-refractivity contribution in [2.75, 3.05) is 0 Å². The number of nitrogens with zero attached hydrogens (tertiary/aromatic N) is 1. The molecule has 0 bridgehead atoms. The highest BCUT2D eigenvalue weighted by atomic mass is 16.3. The number of aromatic nitrogens is 1. The van der Waals surface area contributed by atoms with E-state index in [0.717, 1.165) is 43.7 Å². The molecule has 0 spiro atoms. The van der Waals surface area contributed by atoms with Gasteiger partial charge < -0.3 is 17.8 Å². The van der Waals surface area contributed by atoms with E-state index in [4.69, 9.17) is 13.3 Å². The summed E-state index contributed by atoms with van der Waals surface area (Å²) in [6.07, 6.45) is 0. The first-order valence-electron chi connectivity index (χ1n) is 14.3. The summed E-state index contributed by atoms with van der Waals surface area (Å²) >= 11 is 0. The van der Waals surface area contributed by atoms with Gasteiger partial charge in [-0.05, 0) is 60.7 Å². The molecule has 44 heavy (non-hydrogen) atoms. The van der Waals surface area contributed by atoms with Gasteiger partial charge in [0.25, 0.3) is 0 Å². The van der Waals surface area contributed by atoms with Crippen molar-refractivity contribution in [2.24, 2.45) is 0 Å². The van der Waals surface area contributed by atoms with Gasteiger partial charge in [-0.2, -0.15) is 0 Å². The summed E-state index contributed by atoms with van der Waals surface area (Å²) in [5, 5.41) is 5.84. The van der Waals surface area contributed by atoms with Crippen LogP contribution < -0.4 is 10.9 Å². The van der Waals surface area contributed by atoms with Crippen molar-refractivity contribution in [1.29, 1.82) is 0 Å². The zero-order valence-corrected chi connectivity index (χ0v) is 23.0. The quantitative estimate of drug-likeness (QED) is 0.184. The summed E-state index contributed by atoms with van der Waals surface area (Å²) in [6.45, 7) is 0. The second-order valence-electron chi connectivity index (χ2n) is 11.1. The molecule has 6 nitrogen and oxygen atoms in total. The van der Waals surface area contributed by atoms with Crippen LogP contribution in [0.2, 0.25) is 0 Å². The summed E-state index contributed by atoms with van der Waals surface area (Å²) in [5.41, 5.74) is 5.48. The lowest BCUT2D eigenvalue weighted by Crippen LogP contribution is -2.08. The van der Waals surface area contributed by atoms with Gasteiger partial charge in [0.2, 0.25) is 10.9 Å². The Kier molecular flexibility index (Phi) is 4.39. The van der Waals surface area contributed by atoms with E-state index >= 15 is 0 Å². The first kappa shape index (κ1) is 23.4. The Morgan fingerprint density at radius 1 is 0.386 bits per heavy atom. The first-order valence-corrected chi connectivity index (χ1v) is 14.3. The average molecular weight is 570 g/mol. The third-order valence-electron chi connectivity index (χ3n) is 8.79. The molecule has 10 aromatic rings. The van der Waals surface area contributed by atoms with Crippen LogP contribution in [-0.4, -0.2) is 4.57 Å². The van der Waals surface area contributed by atoms with Gasteiger partial charge in [0.15, 0.2) is 0 Å². The van der Waals surface area contributed by atoms with Crippen LogP contribution in [0.4, 0.5) is 0 Å². The maximum Gasteiger partial charge on any atom is 0.202 e. The Bertz CT molecular complexity index is 2990. The van der Waals surface area contributed by atoms with Crippen molar-refractivity contribution in [2.45, 2.75) is 0 Å². The summed E-state index contributed by atoms with van der Waals surface area (Å²) in [6, 6.07) is 36.3. The number of hydrogen-bond acceptors (Lipinski definition) is 5. The van der Waals surface area contributed by atoms with E-state index in [2.05, 4.69) is 28.8 Å². The molecule has 4 heterocycles. The minimum absolute atomic E-state index is 0.163. The molecule has 206 valence electrons. The fourth-order valence-corrected chi connectivity index (χ4v) is 6.90. The van der Waals surface area contributed by atoms with E-state index < -0.39 is 0 Å². The minimum atomic E-state index is -0.199. The van der Waals surface area contributed by atoms with E-state index in [1.807, 2.05) is 54.6 Å². The van der Waals surface area contributed by atoms with Gasteiger partial charge in [0.05, 0.1) is 38.3 Å². The average Bonchev–Trinajstić information content (AvgIpc) is 3.60. The molecule has 6 heteroatoms. The van der Waals surface area contributed by atoms with Crippen molar-refractivity contribution in [3.8, 4) is 5.69 Å². The summed E-state index contributed by atoms with van der Waals surface area (Å²) in [5.74, 6) is 0. The highest BCUT2D eigenvalue weighted by molar-refractivity contribution is 6.27. The molecule has 0 radical (unpaired) electrons. The highest BCUT2D eigenvalue weighted by Crippen LogP contribution is 2.42. The fourth-order valence-electron chi connectivity index (χ4n) is 6.90. The molecule has 10 rings (SSSR count). The predicted octanol–water partition coefficient (Wildman–Crippen LogP) is 9.20. The number of fused-ring (bicyclic) bond motifs is 11. The van der Waals surface area contributed by atoms with Crippen LogP contribution in [0.3, 0.4) is 0 Å². The van der Waals surface area contributed by atoms with Gasteiger partial charge >= 0.3 is 0 Å². The van der Waals surface area contributed by atoms with Gasteiger partial charge in [0, 0.05) is 21.5 Å².